The molecule has 3 N–H and O–H groups in total. The molecule has 0 spiro atoms. The molecule has 0 aliphatic heterocycles. The number of hydrogen-bond acceptors (Lipinski definition) is 11. The van der Waals surface area contributed by atoms with E-state index in [1.54, 1.807) is 52.4 Å². The molecule has 0 bridgehead atoms. The Balaban J connectivity index is 1.77. The van der Waals surface area contributed by atoms with E-state index in [1.165, 1.54) is 6.33 Å². The van der Waals surface area contributed by atoms with Crippen molar-refractivity contribution >= 4 is 48.1 Å². The highest BCUT2D eigenvalue weighted by molar-refractivity contribution is 7.59. The Labute approximate surface area is 363 Å². The van der Waals surface area contributed by atoms with E-state index in [0.717, 1.165) is 73.6 Å². The lowest BCUT2D eigenvalue weighted by Crippen LogP contribution is -2.54. The molecule has 3 aromatic rings. The Kier molecular flexibility index (Phi) is 19.2. The summed E-state index contributed by atoms with van der Waals surface area (Å²) in [5.74, 6) is -1.12. The summed E-state index contributed by atoms with van der Waals surface area (Å²) < 4.78 is 33.8. The summed E-state index contributed by atoms with van der Waals surface area (Å²) in [7, 11) is -3.88. The van der Waals surface area contributed by atoms with E-state index in [-0.39, 0.29) is 56.5 Å². The Bertz CT molecular complexity index is 1970. The predicted molar refractivity (Wildman–Crippen MR) is 240 cm³/mol. The molecule has 0 unspecified atom stereocenters. The average Bonchev–Trinajstić information content (AvgIpc) is 3.55. The molecule has 0 radical (unpaired) electrons. The van der Waals surface area contributed by atoms with Gasteiger partial charge in [-0.2, -0.15) is 0 Å². The highest BCUT2D eigenvalue weighted by atomic mass is 31.2. The lowest BCUT2D eigenvalue weighted by Gasteiger charge is -2.35. The molecule has 0 fully saturated rings. The number of rotatable bonds is 27. The first-order valence-corrected chi connectivity index (χ1v) is 23.6. The number of ketones is 1. The van der Waals surface area contributed by atoms with Gasteiger partial charge in [-0.1, -0.05) is 83.9 Å². The van der Waals surface area contributed by atoms with E-state index in [4.69, 9.17) is 14.2 Å². The van der Waals surface area contributed by atoms with Crippen molar-refractivity contribution in [3.8, 4) is 0 Å². The van der Waals surface area contributed by atoms with Crippen LogP contribution in [0.15, 0.2) is 24.8 Å². The highest BCUT2D eigenvalue weighted by Gasteiger charge is 2.43. The van der Waals surface area contributed by atoms with Gasteiger partial charge in [0.1, 0.15) is 29.5 Å². The van der Waals surface area contributed by atoms with Crippen molar-refractivity contribution in [1.29, 1.82) is 0 Å². The third kappa shape index (κ3) is 15.7. The minimum absolute atomic E-state index is 0.0520. The van der Waals surface area contributed by atoms with Crippen molar-refractivity contribution < 1.29 is 38.0 Å². The first-order valence-electron chi connectivity index (χ1n) is 21.7. The van der Waals surface area contributed by atoms with Gasteiger partial charge in [0.05, 0.1) is 32.2 Å². The van der Waals surface area contributed by atoms with Gasteiger partial charge >= 0.3 is 11.9 Å². The minimum atomic E-state index is -3.88. The average molecular weight is 870 g/mol. The number of amides is 1. The van der Waals surface area contributed by atoms with Gasteiger partial charge in [0.2, 0.25) is 13.4 Å². The minimum Gasteiger partial charge on any atom is -0.464 e. The summed E-state index contributed by atoms with van der Waals surface area (Å²) in [5, 5.41) is 8.87. The number of carbonyl (C=O) groups is 4. The smallest absolute Gasteiger partial charge is 0.326 e. The van der Waals surface area contributed by atoms with Crippen LogP contribution in [0.2, 0.25) is 0 Å². The molecule has 0 aliphatic rings. The second-order valence-corrected chi connectivity index (χ2v) is 20.3. The number of esters is 2. The van der Waals surface area contributed by atoms with Crippen LogP contribution in [0.1, 0.15) is 149 Å². The third-order valence-corrected chi connectivity index (χ3v) is 12.7. The van der Waals surface area contributed by atoms with Gasteiger partial charge in [-0.05, 0) is 90.3 Å². The van der Waals surface area contributed by atoms with Crippen molar-refractivity contribution in [3.63, 3.8) is 0 Å². The lowest BCUT2D eigenvalue weighted by molar-refractivity contribution is -0.149. The maximum Gasteiger partial charge on any atom is 0.326 e. The van der Waals surface area contributed by atoms with E-state index in [2.05, 4.69) is 50.4 Å². The number of nitrogens with zero attached hydrogens (tertiary/aromatic N) is 4. The van der Waals surface area contributed by atoms with Gasteiger partial charge in [0, 0.05) is 12.8 Å². The lowest BCUT2D eigenvalue weighted by atomic mass is 9.75. The summed E-state index contributed by atoms with van der Waals surface area (Å²) in [6.45, 7) is 22.6. The van der Waals surface area contributed by atoms with E-state index in [9.17, 15) is 23.7 Å². The zero-order chi connectivity index (χ0) is 45.6. The molecule has 2 aromatic heterocycles. The maximum atomic E-state index is 14.8. The molecule has 0 saturated heterocycles. The molecule has 61 heavy (non-hydrogen) atoms. The molecular weight excluding hydrogens is 798 g/mol. The van der Waals surface area contributed by atoms with E-state index < -0.39 is 42.0 Å². The third-order valence-electron chi connectivity index (χ3n) is 10.3. The van der Waals surface area contributed by atoms with Crippen molar-refractivity contribution in [2.45, 2.75) is 176 Å². The number of fused-ring (bicyclic) bond motifs is 1. The van der Waals surface area contributed by atoms with Crippen LogP contribution in [0.4, 0.5) is 5.82 Å². The van der Waals surface area contributed by atoms with Gasteiger partial charge in [0.15, 0.2) is 17.0 Å². The molecule has 340 valence electrons. The molecule has 0 saturated carbocycles. The molecule has 0 aliphatic carbocycles. The first kappa shape index (κ1) is 51.3. The molecule has 16 heteroatoms. The van der Waals surface area contributed by atoms with Gasteiger partial charge < -0.3 is 24.1 Å². The van der Waals surface area contributed by atoms with Crippen LogP contribution in [-0.4, -0.2) is 79.9 Å². The van der Waals surface area contributed by atoms with Gasteiger partial charge in [-0.25, -0.2) is 25.1 Å². The van der Waals surface area contributed by atoms with Crippen LogP contribution < -0.4 is 15.5 Å². The van der Waals surface area contributed by atoms with Crippen LogP contribution in [0.5, 0.6) is 0 Å². The van der Waals surface area contributed by atoms with Crippen LogP contribution in [-0.2, 0) is 56.3 Å². The number of ether oxygens (including phenoxy) is 3. The fraction of sp³-hybridized carbons (Fsp3) is 0.667. The Morgan fingerprint density at radius 1 is 0.820 bits per heavy atom. The number of hydrogen-bond donors (Lipinski definition) is 3. The summed E-state index contributed by atoms with van der Waals surface area (Å²) in [4.78, 5) is 65.5. The zero-order valence-corrected chi connectivity index (χ0v) is 39.7. The van der Waals surface area contributed by atoms with Gasteiger partial charge in [0.25, 0.3) is 0 Å². The van der Waals surface area contributed by atoms with E-state index >= 15 is 0 Å². The SMILES string of the molecule is CCCCCCOC(=O)C(C)(C)NP(=O)(CO[C@H](C)Cn1cnc2c(NC(=O)CC(C)(C)c3c(C)cc(C)cc3CC(C)=O)ncnc21)NC(C)(C)C(=O)OCCCCCC. The highest BCUT2D eigenvalue weighted by Crippen LogP contribution is 2.42. The van der Waals surface area contributed by atoms with Crippen LogP contribution >= 0.6 is 7.44 Å². The second-order valence-electron chi connectivity index (χ2n) is 18.1. The normalized spacial score (nSPS) is 13.0. The number of aryl methyl sites for hydroxylation is 2. The molecular formula is C45H72N7O8P. The topological polar surface area (TPSA) is 193 Å². The molecule has 3 rings (SSSR count). The van der Waals surface area contributed by atoms with Crippen molar-refractivity contribution in [1.82, 2.24) is 29.7 Å². The fourth-order valence-electron chi connectivity index (χ4n) is 7.60. The fourth-order valence-corrected chi connectivity index (χ4v) is 10.2. The van der Waals surface area contributed by atoms with Gasteiger partial charge in [-0.15, -0.1) is 0 Å². The number of carbonyl (C=O) groups excluding carboxylic acids is 4. The Hall–Kier alpha value is -4.04. The largest absolute Gasteiger partial charge is 0.464 e. The van der Waals surface area contributed by atoms with Crippen LogP contribution in [0.3, 0.4) is 0 Å². The summed E-state index contributed by atoms with van der Waals surface area (Å²) in [6, 6.07) is 4.08. The Morgan fingerprint density at radius 3 is 1.93 bits per heavy atom. The summed E-state index contributed by atoms with van der Waals surface area (Å²) in [6.07, 6.45) is 9.87. The molecule has 1 aromatic carbocycles. The number of nitrogens with one attached hydrogen (secondary N) is 3. The van der Waals surface area contributed by atoms with Crippen LogP contribution in [0, 0.1) is 13.8 Å². The number of Topliss-reactive ketones (excluding diaryl/α,β-unsaturated/α-hetero) is 1. The number of benzene rings is 1. The quantitative estimate of drug-likeness (QED) is 0.0376. The summed E-state index contributed by atoms with van der Waals surface area (Å²) >= 11 is 0. The standard InChI is InChI=1S/C45H72N7O8P/c1-13-15-17-19-21-58-41(55)44(9,10)50-61(57,51-45(11,12)42(56)59-22-20-18-16-14-2)30-60-34(6)27-52-29-48-38-39(46-28-47-40(38)52)49-36(54)26-43(7,8)37-32(4)23-31(3)24-35(37)25-33(5)53/h23-24,28-29,34H,13-22,25-27,30H2,1-12H3,(H2,50,51,57)(H,46,47,49,54)/t34-/m1/s1. The molecule has 1 atom stereocenters. The maximum absolute atomic E-state index is 14.8. The van der Waals surface area contributed by atoms with E-state index in [0.29, 0.717) is 11.2 Å². The van der Waals surface area contributed by atoms with Crippen LogP contribution in [0.25, 0.3) is 11.2 Å². The second kappa shape index (κ2) is 22.9. The van der Waals surface area contributed by atoms with Gasteiger partial charge in [-0.3, -0.25) is 23.7 Å². The van der Waals surface area contributed by atoms with E-state index in [1.807, 2.05) is 33.8 Å². The summed E-state index contributed by atoms with van der Waals surface area (Å²) in [5.41, 5.74) is 1.41. The van der Waals surface area contributed by atoms with Crippen molar-refractivity contribution in [2.75, 3.05) is 24.9 Å². The van der Waals surface area contributed by atoms with Crippen molar-refractivity contribution in [2.24, 2.45) is 0 Å². The zero-order valence-electron chi connectivity index (χ0n) is 38.8. The Morgan fingerprint density at radius 2 is 1.39 bits per heavy atom. The molecule has 15 nitrogen and oxygen atoms in total. The first-order chi connectivity index (χ1) is 28.5. The number of unbranched alkanes of at least 4 members (excludes halogenated alkanes) is 6. The predicted octanol–water partition coefficient (Wildman–Crippen LogP) is 8.42. The molecule has 1 amide bonds. The monoisotopic (exact) mass is 870 g/mol. The number of imidazole rings is 1. The van der Waals surface area contributed by atoms with Crippen molar-refractivity contribution in [3.05, 3.63) is 47.0 Å². The number of anilines is 1. The molecule has 2 heterocycles. The number of aromatic nitrogens is 4.